The molecule has 5 heteroatoms. The largest absolute Gasteiger partial charge is 0.318 e. The molecule has 3 rings (SSSR count). The van der Waals surface area contributed by atoms with Gasteiger partial charge in [0.1, 0.15) is 6.04 Å². The Morgan fingerprint density at radius 2 is 1.94 bits per heavy atom. The Morgan fingerprint density at radius 3 is 2.72 bits per heavy atom. The maximum Gasteiger partial charge on any atom is 0.256 e. The van der Waals surface area contributed by atoms with Crippen LogP contribution in [0.15, 0.2) is 29.2 Å². The van der Waals surface area contributed by atoms with Gasteiger partial charge in [-0.2, -0.15) is 0 Å². The SMILES string of the molecule is CC.O=C1Sc2ccccc2C(=O)N2CSCC12. The summed E-state index contributed by atoms with van der Waals surface area (Å²) in [6, 6.07) is 7.09. The molecule has 2 heterocycles. The van der Waals surface area contributed by atoms with Crippen LogP contribution >= 0.6 is 23.5 Å². The number of hydrogen-bond donors (Lipinski definition) is 0. The highest BCUT2D eigenvalue weighted by molar-refractivity contribution is 8.14. The first-order valence-electron chi connectivity index (χ1n) is 5.97. The van der Waals surface area contributed by atoms with Gasteiger partial charge in [-0.25, -0.2) is 0 Å². The molecule has 1 aromatic carbocycles. The minimum absolute atomic E-state index is 0.0102. The lowest BCUT2D eigenvalue weighted by Gasteiger charge is -2.18. The highest BCUT2D eigenvalue weighted by Gasteiger charge is 2.39. The van der Waals surface area contributed by atoms with Crippen molar-refractivity contribution in [1.82, 2.24) is 4.90 Å². The van der Waals surface area contributed by atoms with E-state index in [1.807, 2.05) is 32.0 Å². The van der Waals surface area contributed by atoms with E-state index in [0.29, 0.717) is 11.4 Å². The number of thioether (sulfide) groups is 2. The van der Waals surface area contributed by atoms with Gasteiger partial charge in [-0.15, -0.1) is 11.8 Å². The molecule has 1 fully saturated rings. The van der Waals surface area contributed by atoms with Crippen molar-refractivity contribution in [3.05, 3.63) is 29.8 Å². The van der Waals surface area contributed by atoms with Gasteiger partial charge in [0, 0.05) is 10.6 Å². The summed E-state index contributed by atoms with van der Waals surface area (Å²) in [7, 11) is 0. The zero-order valence-electron chi connectivity index (χ0n) is 10.4. The van der Waals surface area contributed by atoms with Crippen LogP contribution in [0.25, 0.3) is 0 Å². The van der Waals surface area contributed by atoms with Gasteiger partial charge in [0.2, 0.25) is 5.12 Å². The van der Waals surface area contributed by atoms with Gasteiger partial charge in [0.25, 0.3) is 5.91 Å². The van der Waals surface area contributed by atoms with E-state index in [2.05, 4.69) is 0 Å². The molecule has 18 heavy (non-hydrogen) atoms. The average molecular weight is 281 g/mol. The summed E-state index contributed by atoms with van der Waals surface area (Å²) in [4.78, 5) is 26.6. The van der Waals surface area contributed by atoms with Gasteiger partial charge in [-0.1, -0.05) is 26.0 Å². The third-order valence-corrected chi connectivity index (χ3v) is 4.80. The Kier molecular flexibility index (Phi) is 4.35. The molecule has 0 radical (unpaired) electrons. The van der Waals surface area contributed by atoms with Crippen molar-refractivity contribution < 1.29 is 9.59 Å². The molecule has 1 amide bonds. The van der Waals surface area contributed by atoms with E-state index >= 15 is 0 Å². The Balaban J connectivity index is 0.000000574. The summed E-state index contributed by atoms with van der Waals surface area (Å²) in [6.45, 7) is 4.00. The number of benzene rings is 1. The molecule has 0 N–H and O–H groups in total. The lowest BCUT2D eigenvalue weighted by molar-refractivity contribution is -0.113. The first kappa shape index (κ1) is 13.5. The molecule has 1 aromatic rings. The summed E-state index contributed by atoms with van der Waals surface area (Å²) < 4.78 is 0. The van der Waals surface area contributed by atoms with Gasteiger partial charge in [0.15, 0.2) is 0 Å². The lowest BCUT2D eigenvalue weighted by Crippen LogP contribution is -2.39. The number of hydrogen-bond acceptors (Lipinski definition) is 4. The van der Waals surface area contributed by atoms with Gasteiger partial charge in [-0.3, -0.25) is 9.59 Å². The van der Waals surface area contributed by atoms with Crippen LogP contribution in [0, 0.1) is 0 Å². The molecule has 1 saturated heterocycles. The molecule has 3 nitrogen and oxygen atoms in total. The van der Waals surface area contributed by atoms with Crippen LogP contribution < -0.4 is 0 Å². The summed E-state index contributed by atoms with van der Waals surface area (Å²) in [5.74, 6) is 1.35. The molecule has 96 valence electrons. The van der Waals surface area contributed by atoms with Crippen LogP contribution in [0.3, 0.4) is 0 Å². The highest BCUT2D eigenvalue weighted by atomic mass is 32.2. The lowest BCUT2D eigenvalue weighted by atomic mass is 10.2. The van der Waals surface area contributed by atoms with Gasteiger partial charge in [0.05, 0.1) is 11.4 Å². The van der Waals surface area contributed by atoms with E-state index in [4.69, 9.17) is 0 Å². The fraction of sp³-hybridized carbons (Fsp3) is 0.385. The van der Waals surface area contributed by atoms with Crippen molar-refractivity contribution in [2.24, 2.45) is 0 Å². The Morgan fingerprint density at radius 1 is 1.22 bits per heavy atom. The molecular formula is C13H15NO2S2. The second kappa shape index (κ2) is 5.80. The second-order valence-corrected chi connectivity index (χ2v) is 5.75. The zero-order valence-corrected chi connectivity index (χ0v) is 12.0. The minimum atomic E-state index is -0.241. The second-order valence-electron chi connectivity index (χ2n) is 3.71. The predicted octanol–water partition coefficient (Wildman–Crippen LogP) is 2.86. The molecule has 0 bridgehead atoms. The number of carbonyl (C=O) groups excluding carboxylic acids is 2. The molecule has 1 unspecified atom stereocenters. The maximum atomic E-state index is 12.2. The minimum Gasteiger partial charge on any atom is -0.318 e. The molecule has 0 saturated carbocycles. The van der Waals surface area contributed by atoms with Crippen molar-refractivity contribution in [2.75, 3.05) is 11.6 Å². The van der Waals surface area contributed by atoms with Crippen LogP contribution in [0.1, 0.15) is 24.2 Å². The molecule has 1 atom stereocenters. The van der Waals surface area contributed by atoms with E-state index in [1.165, 1.54) is 11.8 Å². The molecular weight excluding hydrogens is 266 g/mol. The van der Waals surface area contributed by atoms with Crippen LogP contribution in [0.2, 0.25) is 0 Å². The van der Waals surface area contributed by atoms with E-state index in [1.54, 1.807) is 22.7 Å². The van der Waals surface area contributed by atoms with Crippen molar-refractivity contribution >= 4 is 34.5 Å². The fourth-order valence-electron chi connectivity index (χ4n) is 1.90. The van der Waals surface area contributed by atoms with Crippen LogP contribution in [0.4, 0.5) is 0 Å². The van der Waals surface area contributed by atoms with Gasteiger partial charge in [-0.05, 0) is 23.9 Å². The van der Waals surface area contributed by atoms with Crippen molar-refractivity contribution in [3.8, 4) is 0 Å². The van der Waals surface area contributed by atoms with E-state index in [0.717, 1.165) is 10.6 Å². The first-order valence-corrected chi connectivity index (χ1v) is 7.94. The normalized spacial score (nSPS) is 21.7. The Hall–Kier alpha value is -0.940. The summed E-state index contributed by atoms with van der Waals surface area (Å²) in [5.41, 5.74) is 0.658. The number of nitrogens with zero attached hydrogens (tertiary/aromatic N) is 1. The van der Waals surface area contributed by atoms with E-state index < -0.39 is 0 Å². The number of fused-ring (bicyclic) bond motifs is 2. The topological polar surface area (TPSA) is 37.4 Å². The monoisotopic (exact) mass is 281 g/mol. The smallest absolute Gasteiger partial charge is 0.256 e. The molecule has 0 aliphatic carbocycles. The highest BCUT2D eigenvalue weighted by Crippen LogP contribution is 2.35. The standard InChI is InChI=1S/C11H9NO2S2.C2H6/c13-10-7-3-1-2-4-9(7)16-11(14)8-5-15-6-12(8)10;1-2/h1-4,8H,5-6H2;1-2H3. The predicted molar refractivity (Wildman–Crippen MR) is 75.9 cm³/mol. The maximum absolute atomic E-state index is 12.2. The van der Waals surface area contributed by atoms with Crippen LogP contribution in [-0.4, -0.2) is 33.6 Å². The molecule has 2 aliphatic rings. The zero-order chi connectivity index (χ0) is 13.1. The summed E-state index contributed by atoms with van der Waals surface area (Å²) in [6.07, 6.45) is 0. The molecule has 0 aromatic heterocycles. The van der Waals surface area contributed by atoms with Gasteiger partial charge < -0.3 is 4.90 Å². The summed E-state index contributed by atoms with van der Waals surface area (Å²) >= 11 is 2.84. The molecule has 0 spiro atoms. The fourth-order valence-corrected chi connectivity index (χ4v) is 4.14. The average Bonchev–Trinajstić information content (AvgIpc) is 2.87. The number of amides is 1. The third-order valence-electron chi connectivity index (χ3n) is 2.74. The van der Waals surface area contributed by atoms with Crippen LogP contribution in [0.5, 0.6) is 0 Å². The van der Waals surface area contributed by atoms with Crippen molar-refractivity contribution in [3.63, 3.8) is 0 Å². The number of carbonyl (C=O) groups is 2. The molecule has 2 aliphatic heterocycles. The van der Waals surface area contributed by atoms with Crippen molar-refractivity contribution in [1.29, 1.82) is 0 Å². The van der Waals surface area contributed by atoms with Crippen LogP contribution in [-0.2, 0) is 4.79 Å². The Labute approximate surface area is 115 Å². The third kappa shape index (κ3) is 2.29. The van der Waals surface area contributed by atoms with E-state index in [9.17, 15) is 9.59 Å². The van der Waals surface area contributed by atoms with Gasteiger partial charge >= 0.3 is 0 Å². The first-order chi connectivity index (χ1) is 8.77. The summed E-state index contributed by atoms with van der Waals surface area (Å²) in [5, 5.41) is 0.0864. The Bertz CT molecular complexity index is 476. The van der Waals surface area contributed by atoms with Crippen molar-refractivity contribution in [2.45, 2.75) is 24.8 Å². The number of rotatable bonds is 0. The quantitative estimate of drug-likeness (QED) is 0.733. The van der Waals surface area contributed by atoms with E-state index in [-0.39, 0.29) is 17.1 Å².